The van der Waals surface area contributed by atoms with Crippen LogP contribution >= 0.6 is 11.3 Å². The SMILES string of the molecule is Cc1nc(Cc2ccccc2)sc1C(=O)NC(C)(C)c1noc(C(C)(C)C)n1. The largest absolute Gasteiger partial charge is 0.339 e. The zero-order valence-corrected chi connectivity index (χ0v) is 18.0. The van der Waals surface area contributed by atoms with E-state index in [0.29, 0.717) is 23.0 Å². The molecule has 3 rings (SSSR count). The summed E-state index contributed by atoms with van der Waals surface area (Å²) in [6.07, 6.45) is 0.711. The first-order valence-corrected chi connectivity index (χ1v) is 10.1. The Morgan fingerprint density at radius 2 is 1.79 bits per heavy atom. The minimum Gasteiger partial charge on any atom is -0.339 e. The van der Waals surface area contributed by atoms with E-state index < -0.39 is 5.54 Å². The summed E-state index contributed by atoms with van der Waals surface area (Å²) in [7, 11) is 0. The molecule has 0 saturated heterocycles. The summed E-state index contributed by atoms with van der Waals surface area (Å²) >= 11 is 1.42. The van der Waals surface area contributed by atoms with Crippen LogP contribution in [0.5, 0.6) is 0 Å². The van der Waals surface area contributed by atoms with Crippen molar-refractivity contribution in [1.29, 1.82) is 0 Å². The van der Waals surface area contributed by atoms with Crippen molar-refractivity contribution in [3.05, 3.63) is 63.2 Å². The number of thiazole rings is 1. The summed E-state index contributed by atoms with van der Waals surface area (Å²) in [5.74, 6) is 0.822. The maximum atomic E-state index is 12.9. The van der Waals surface area contributed by atoms with Crippen molar-refractivity contribution in [2.45, 2.75) is 58.9 Å². The van der Waals surface area contributed by atoms with Gasteiger partial charge in [-0.3, -0.25) is 4.79 Å². The third kappa shape index (κ3) is 4.47. The van der Waals surface area contributed by atoms with E-state index in [1.165, 1.54) is 16.9 Å². The van der Waals surface area contributed by atoms with Crippen LogP contribution in [0.4, 0.5) is 0 Å². The first-order valence-electron chi connectivity index (χ1n) is 9.23. The van der Waals surface area contributed by atoms with Gasteiger partial charge in [0.2, 0.25) is 5.89 Å². The van der Waals surface area contributed by atoms with Crippen molar-refractivity contribution in [1.82, 2.24) is 20.4 Å². The van der Waals surface area contributed by atoms with E-state index in [1.54, 1.807) is 0 Å². The lowest BCUT2D eigenvalue weighted by atomic mass is 9.97. The maximum absolute atomic E-state index is 12.9. The van der Waals surface area contributed by atoms with Gasteiger partial charge in [0.1, 0.15) is 4.88 Å². The highest BCUT2D eigenvalue weighted by molar-refractivity contribution is 7.13. The van der Waals surface area contributed by atoms with Crippen molar-refractivity contribution in [2.24, 2.45) is 0 Å². The molecule has 3 aromatic rings. The number of hydrogen-bond donors (Lipinski definition) is 1. The molecule has 0 spiro atoms. The van der Waals surface area contributed by atoms with E-state index in [1.807, 2.05) is 59.7 Å². The van der Waals surface area contributed by atoms with Gasteiger partial charge in [0.15, 0.2) is 5.82 Å². The topological polar surface area (TPSA) is 80.9 Å². The number of nitrogens with one attached hydrogen (secondary N) is 1. The van der Waals surface area contributed by atoms with E-state index in [2.05, 4.69) is 32.6 Å². The number of carbonyl (C=O) groups excluding carboxylic acids is 1. The minimum absolute atomic E-state index is 0.179. The van der Waals surface area contributed by atoms with Crippen LogP contribution in [0, 0.1) is 6.92 Å². The quantitative estimate of drug-likeness (QED) is 0.689. The number of benzene rings is 1. The van der Waals surface area contributed by atoms with Crippen LogP contribution in [0.25, 0.3) is 0 Å². The van der Waals surface area contributed by atoms with Gasteiger partial charge in [-0.2, -0.15) is 4.98 Å². The summed E-state index contributed by atoms with van der Waals surface area (Å²) in [5, 5.41) is 8.01. The van der Waals surface area contributed by atoms with Gasteiger partial charge in [0.05, 0.1) is 16.2 Å². The molecule has 2 aromatic heterocycles. The zero-order chi connectivity index (χ0) is 20.5. The van der Waals surface area contributed by atoms with Crippen LogP contribution in [0.2, 0.25) is 0 Å². The number of hydrogen-bond acceptors (Lipinski definition) is 6. The summed E-state index contributed by atoms with van der Waals surface area (Å²) in [6.45, 7) is 11.6. The van der Waals surface area contributed by atoms with Crippen LogP contribution in [-0.4, -0.2) is 21.0 Å². The van der Waals surface area contributed by atoms with Crippen LogP contribution in [0.15, 0.2) is 34.9 Å². The van der Waals surface area contributed by atoms with E-state index in [-0.39, 0.29) is 11.3 Å². The second-order valence-corrected chi connectivity index (χ2v) is 9.52. The zero-order valence-electron chi connectivity index (χ0n) is 17.2. The Hall–Kier alpha value is -2.54. The molecule has 1 N–H and O–H groups in total. The van der Waals surface area contributed by atoms with Gasteiger partial charge in [-0.05, 0) is 26.3 Å². The van der Waals surface area contributed by atoms with Gasteiger partial charge in [-0.1, -0.05) is 56.3 Å². The highest BCUT2D eigenvalue weighted by Gasteiger charge is 2.32. The minimum atomic E-state index is -0.764. The number of nitrogens with zero attached hydrogens (tertiary/aromatic N) is 3. The fourth-order valence-corrected chi connectivity index (χ4v) is 3.68. The second-order valence-electron chi connectivity index (χ2n) is 8.44. The molecule has 0 unspecified atom stereocenters. The van der Waals surface area contributed by atoms with Crippen molar-refractivity contribution >= 4 is 17.2 Å². The standard InChI is InChI=1S/C21H26N4O2S/c1-13-16(28-15(22-13)12-14-10-8-7-9-11-14)17(26)24-21(5,6)18-23-19(27-25-18)20(2,3)4/h7-11H,12H2,1-6H3,(H,24,26). The van der Waals surface area contributed by atoms with Gasteiger partial charge in [0.25, 0.3) is 5.91 Å². The molecule has 0 bridgehead atoms. The highest BCUT2D eigenvalue weighted by Crippen LogP contribution is 2.26. The van der Waals surface area contributed by atoms with Gasteiger partial charge in [-0.15, -0.1) is 11.3 Å². The third-order valence-corrected chi connectivity index (χ3v) is 5.45. The molecule has 0 aliphatic carbocycles. The molecule has 148 valence electrons. The normalized spacial score (nSPS) is 12.2. The average molecular weight is 399 g/mol. The van der Waals surface area contributed by atoms with Crippen LogP contribution < -0.4 is 5.32 Å². The molecule has 28 heavy (non-hydrogen) atoms. The van der Waals surface area contributed by atoms with Gasteiger partial charge in [0, 0.05) is 11.8 Å². The van der Waals surface area contributed by atoms with Gasteiger partial charge in [-0.25, -0.2) is 4.98 Å². The van der Waals surface area contributed by atoms with E-state index in [9.17, 15) is 4.79 Å². The van der Waals surface area contributed by atoms with Crippen molar-refractivity contribution in [3.8, 4) is 0 Å². The number of aryl methyl sites for hydroxylation is 1. The number of aromatic nitrogens is 3. The Bertz CT molecular complexity index is 968. The molecular formula is C21H26N4O2S. The Kier molecular flexibility index (Phi) is 5.39. The average Bonchev–Trinajstić information content (AvgIpc) is 3.23. The third-order valence-electron chi connectivity index (χ3n) is 4.30. The first-order chi connectivity index (χ1) is 13.1. The molecule has 1 aromatic carbocycles. The number of rotatable bonds is 5. The molecule has 0 saturated carbocycles. The Labute approximate surface area is 169 Å². The highest BCUT2D eigenvalue weighted by atomic mass is 32.1. The van der Waals surface area contributed by atoms with Crippen LogP contribution in [0.3, 0.4) is 0 Å². The van der Waals surface area contributed by atoms with E-state index in [0.717, 1.165) is 10.7 Å². The molecular weight excluding hydrogens is 372 g/mol. The maximum Gasteiger partial charge on any atom is 0.264 e. The fraction of sp³-hybridized carbons (Fsp3) is 0.429. The molecule has 6 nitrogen and oxygen atoms in total. The molecule has 0 aliphatic rings. The summed E-state index contributed by atoms with van der Waals surface area (Å²) < 4.78 is 5.37. The number of amides is 1. The second kappa shape index (κ2) is 7.47. The molecule has 0 atom stereocenters. The fourth-order valence-electron chi connectivity index (χ4n) is 2.69. The van der Waals surface area contributed by atoms with Gasteiger partial charge < -0.3 is 9.84 Å². The molecule has 0 radical (unpaired) electrons. The molecule has 2 heterocycles. The lowest BCUT2D eigenvalue weighted by Gasteiger charge is -2.22. The van der Waals surface area contributed by atoms with Crippen LogP contribution in [-0.2, 0) is 17.4 Å². The Morgan fingerprint density at radius 3 is 2.39 bits per heavy atom. The molecule has 0 aliphatic heterocycles. The summed E-state index contributed by atoms with van der Waals surface area (Å²) in [6, 6.07) is 10.1. The van der Waals surface area contributed by atoms with E-state index >= 15 is 0 Å². The monoisotopic (exact) mass is 398 g/mol. The predicted molar refractivity (Wildman–Crippen MR) is 110 cm³/mol. The van der Waals surface area contributed by atoms with Crippen molar-refractivity contribution in [2.75, 3.05) is 0 Å². The Balaban J connectivity index is 1.76. The van der Waals surface area contributed by atoms with Crippen molar-refractivity contribution < 1.29 is 9.32 Å². The van der Waals surface area contributed by atoms with Gasteiger partial charge >= 0.3 is 0 Å². The van der Waals surface area contributed by atoms with Crippen molar-refractivity contribution in [3.63, 3.8) is 0 Å². The lowest BCUT2D eigenvalue weighted by molar-refractivity contribution is 0.0911. The van der Waals surface area contributed by atoms with E-state index in [4.69, 9.17) is 4.52 Å². The summed E-state index contributed by atoms with van der Waals surface area (Å²) in [4.78, 5) is 22.6. The number of carbonyl (C=O) groups is 1. The first kappa shape index (κ1) is 20.2. The predicted octanol–water partition coefficient (Wildman–Crippen LogP) is 4.39. The van der Waals surface area contributed by atoms with Crippen LogP contribution in [0.1, 0.15) is 72.3 Å². The smallest absolute Gasteiger partial charge is 0.264 e. The summed E-state index contributed by atoms with van der Waals surface area (Å²) in [5.41, 5.74) is 0.893. The lowest BCUT2D eigenvalue weighted by Crippen LogP contribution is -2.41. The molecule has 0 fully saturated rings. The Morgan fingerprint density at radius 1 is 1.11 bits per heavy atom. The molecule has 7 heteroatoms. The molecule has 1 amide bonds.